The Labute approximate surface area is 116 Å². The molecule has 18 heavy (non-hydrogen) atoms. The van der Waals surface area contributed by atoms with E-state index < -0.39 is 0 Å². The van der Waals surface area contributed by atoms with Crippen LogP contribution < -0.4 is 0 Å². The summed E-state index contributed by atoms with van der Waals surface area (Å²) in [5, 5.41) is 0.298. The first kappa shape index (κ1) is 14.6. The summed E-state index contributed by atoms with van der Waals surface area (Å²) in [6, 6.07) is 0. The largest absolute Gasteiger partial charge is 0.375 e. The molecule has 2 nitrogen and oxygen atoms in total. The van der Waals surface area contributed by atoms with Crippen LogP contribution in [0.3, 0.4) is 0 Å². The molecule has 0 spiro atoms. The topological polar surface area (TPSA) is 18.5 Å². The maximum atomic E-state index is 6.44. The molecule has 1 saturated carbocycles. The molecule has 0 amide bonds. The summed E-state index contributed by atoms with van der Waals surface area (Å²) in [5.74, 6) is 0. The average Bonchev–Trinajstić information content (AvgIpc) is 2.29. The standard InChI is InChI=1S/C15H27ClO2/c1-5-15(6-2)13(16)9-14(15)18-12-7-10(3)17-11(4)8-12/h10-14H,5-9H2,1-4H3. The predicted molar refractivity (Wildman–Crippen MR) is 75.2 cm³/mol. The van der Waals surface area contributed by atoms with Crippen molar-refractivity contribution in [3.63, 3.8) is 0 Å². The van der Waals surface area contributed by atoms with Crippen LogP contribution in [0.5, 0.6) is 0 Å². The number of hydrogen-bond acceptors (Lipinski definition) is 2. The number of rotatable bonds is 4. The van der Waals surface area contributed by atoms with Gasteiger partial charge >= 0.3 is 0 Å². The van der Waals surface area contributed by atoms with Crippen LogP contribution in [0.25, 0.3) is 0 Å². The first-order chi connectivity index (χ1) is 8.51. The second-order valence-electron chi connectivity index (χ2n) is 6.12. The molecule has 0 bridgehead atoms. The van der Waals surface area contributed by atoms with E-state index in [4.69, 9.17) is 21.1 Å². The summed E-state index contributed by atoms with van der Waals surface area (Å²) >= 11 is 6.44. The Morgan fingerprint density at radius 3 is 2.11 bits per heavy atom. The monoisotopic (exact) mass is 274 g/mol. The summed E-state index contributed by atoms with van der Waals surface area (Å²) in [7, 11) is 0. The summed E-state index contributed by atoms with van der Waals surface area (Å²) in [5.41, 5.74) is 0.215. The second-order valence-corrected chi connectivity index (χ2v) is 6.65. The quantitative estimate of drug-likeness (QED) is 0.717. The number of hydrogen-bond donors (Lipinski definition) is 0. The van der Waals surface area contributed by atoms with Crippen molar-refractivity contribution in [2.45, 2.75) is 89.6 Å². The van der Waals surface area contributed by atoms with Crippen LogP contribution in [-0.2, 0) is 9.47 Å². The van der Waals surface area contributed by atoms with Gasteiger partial charge in [-0.25, -0.2) is 0 Å². The van der Waals surface area contributed by atoms with Crippen molar-refractivity contribution in [3.05, 3.63) is 0 Å². The normalized spacial score (nSPS) is 43.5. The van der Waals surface area contributed by atoms with E-state index in [0.29, 0.717) is 29.8 Å². The van der Waals surface area contributed by atoms with Crippen LogP contribution >= 0.6 is 11.6 Å². The molecular weight excluding hydrogens is 248 g/mol. The molecule has 1 aliphatic carbocycles. The van der Waals surface area contributed by atoms with Crippen molar-refractivity contribution in [3.8, 4) is 0 Å². The van der Waals surface area contributed by atoms with E-state index in [1.165, 1.54) is 0 Å². The summed E-state index contributed by atoms with van der Waals surface area (Å²) < 4.78 is 12.1. The lowest BCUT2D eigenvalue weighted by Gasteiger charge is -2.54. The molecule has 3 heteroatoms. The number of alkyl halides is 1. The smallest absolute Gasteiger partial charge is 0.0663 e. The summed E-state index contributed by atoms with van der Waals surface area (Å²) in [6.07, 6.45) is 6.67. The first-order valence-corrected chi connectivity index (χ1v) is 7.90. The Morgan fingerprint density at radius 2 is 1.67 bits per heavy atom. The van der Waals surface area contributed by atoms with E-state index in [2.05, 4.69) is 27.7 Å². The van der Waals surface area contributed by atoms with Crippen LogP contribution in [-0.4, -0.2) is 29.8 Å². The van der Waals surface area contributed by atoms with E-state index in [1.807, 2.05) is 0 Å². The average molecular weight is 275 g/mol. The number of halogens is 1. The zero-order valence-electron chi connectivity index (χ0n) is 12.1. The molecule has 4 atom stereocenters. The predicted octanol–water partition coefficient (Wildman–Crippen LogP) is 4.15. The van der Waals surface area contributed by atoms with Crippen LogP contribution in [0.1, 0.15) is 59.8 Å². The summed E-state index contributed by atoms with van der Waals surface area (Å²) in [4.78, 5) is 0. The van der Waals surface area contributed by atoms with Gasteiger partial charge in [0.05, 0.1) is 24.4 Å². The van der Waals surface area contributed by atoms with Crippen molar-refractivity contribution in [2.24, 2.45) is 5.41 Å². The maximum Gasteiger partial charge on any atom is 0.0663 e. The van der Waals surface area contributed by atoms with Crippen molar-refractivity contribution < 1.29 is 9.47 Å². The van der Waals surface area contributed by atoms with Gasteiger partial charge in [-0.05, 0) is 46.0 Å². The van der Waals surface area contributed by atoms with Crippen molar-refractivity contribution >= 4 is 11.6 Å². The lowest BCUT2D eigenvalue weighted by molar-refractivity contribution is -0.181. The minimum atomic E-state index is 0.215. The molecule has 0 radical (unpaired) electrons. The highest BCUT2D eigenvalue weighted by atomic mass is 35.5. The fourth-order valence-electron chi connectivity index (χ4n) is 3.73. The molecule has 1 aliphatic heterocycles. The molecular formula is C15H27ClO2. The lowest BCUT2D eigenvalue weighted by Crippen LogP contribution is -2.56. The molecule has 0 aromatic rings. The van der Waals surface area contributed by atoms with Gasteiger partial charge in [-0.15, -0.1) is 11.6 Å². The SMILES string of the molecule is CCC1(CC)C(Cl)CC1OC1CC(C)OC(C)C1. The van der Waals surface area contributed by atoms with Crippen LogP contribution in [0, 0.1) is 5.41 Å². The molecule has 2 rings (SSSR count). The highest BCUT2D eigenvalue weighted by Crippen LogP contribution is 2.52. The molecule has 2 fully saturated rings. The van der Waals surface area contributed by atoms with E-state index in [9.17, 15) is 0 Å². The van der Waals surface area contributed by atoms with Gasteiger partial charge < -0.3 is 9.47 Å². The highest BCUT2D eigenvalue weighted by Gasteiger charge is 2.53. The van der Waals surface area contributed by atoms with Gasteiger partial charge in [0.1, 0.15) is 0 Å². The molecule has 1 saturated heterocycles. The summed E-state index contributed by atoms with van der Waals surface area (Å²) in [6.45, 7) is 8.77. The molecule has 1 heterocycles. The molecule has 0 N–H and O–H groups in total. The van der Waals surface area contributed by atoms with Gasteiger partial charge in [0, 0.05) is 10.8 Å². The van der Waals surface area contributed by atoms with Gasteiger partial charge in [-0.3, -0.25) is 0 Å². The maximum absolute atomic E-state index is 6.44. The van der Waals surface area contributed by atoms with Gasteiger partial charge in [-0.1, -0.05) is 13.8 Å². The molecule has 2 aliphatic rings. The van der Waals surface area contributed by atoms with Crippen molar-refractivity contribution in [2.75, 3.05) is 0 Å². The van der Waals surface area contributed by atoms with Gasteiger partial charge in [0.25, 0.3) is 0 Å². The molecule has 0 aromatic carbocycles. The van der Waals surface area contributed by atoms with Crippen molar-refractivity contribution in [1.29, 1.82) is 0 Å². The zero-order chi connectivity index (χ0) is 13.3. The fourth-order valence-corrected chi connectivity index (χ4v) is 4.34. The van der Waals surface area contributed by atoms with E-state index >= 15 is 0 Å². The Bertz CT molecular complexity index is 268. The van der Waals surface area contributed by atoms with Gasteiger partial charge in [0.15, 0.2) is 0 Å². The molecule has 0 aromatic heterocycles. The Morgan fingerprint density at radius 1 is 1.11 bits per heavy atom. The first-order valence-electron chi connectivity index (χ1n) is 7.46. The van der Waals surface area contributed by atoms with Crippen molar-refractivity contribution in [1.82, 2.24) is 0 Å². The molecule has 106 valence electrons. The third kappa shape index (κ3) is 2.57. The zero-order valence-corrected chi connectivity index (χ0v) is 12.9. The minimum absolute atomic E-state index is 0.215. The third-order valence-corrected chi connectivity index (χ3v) is 5.63. The van der Waals surface area contributed by atoms with Gasteiger partial charge in [0.2, 0.25) is 0 Å². The lowest BCUT2D eigenvalue weighted by atomic mass is 9.62. The van der Waals surface area contributed by atoms with E-state index in [0.717, 1.165) is 32.1 Å². The van der Waals surface area contributed by atoms with Crippen LogP contribution in [0.4, 0.5) is 0 Å². The highest BCUT2D eigenvalue weighted by molar-refractivity contribution is 6.21. The van der Waals surface area contributed by atoms with Crippen LogP contribution in [0.2, 0.25) is 0 Å². The van der Waals surface area contributed by atoms with Gasteiger partial charge in [-0.2, -0.15) is 0 Å². The fraction of sp³-hybridized carbons (Fsp3) is 1.00. The minimum Gasteiger partial charge on any atom is -0.375 e. The van der Waals surface area contributed by atoms with E-state index in [1.54, 1.807) is 0 Å². The number of ether oxygens (including phenoxy) is 2. The van der Waals surface area contributed by atoms with Crippen LogP contribution in [0.15, 0.2) is 0 Å². The second kappa shape index (κ2) is 5.68. The Balaban J connectivity index is 1.93. The molecule has 4 unspecified atom stereocenters. The van der Waals surface area contributed by atoms with E-state index in [-0.39, 0.29) is 5.41 Å². The third-order valence-electron chi connectivity index (χ3n) is 5.01. The Kier molecular flexibility index (Phi) is 4.61. The Hall–Kier alpha value is 0.210.